The molecule has 0 radical (unpaired) electrons. The van der Waals surface area contributed by atoms with E-state index in [1.807, 2.05) is 7.05 Å². The van der Waals surface area contributed by atoms with E-state index in [1.165, 1.54) is 7.11 Å². The van der Waals surface area contributed by atoms with Crippen LogP contribution in [0.5, 0.6) is 5.75 Å². The molecular formula is C13H19N3O3. The van der Waals surface area contributed by atoms with Gasteiger partial charge in [0.25, 0.3) is 0 Å². The van der Waals surface area contributed by atoms with Crippen molar-refractivity contribution in [3.8, 4) is 5.75 Å². The van der Waals surface area contributed by atoms with Crippen LogP contribution in [0.25, 0.3) is 0 Å². The van der Waals surface area contributed by atoms with Gasteiger partial charge in [0, 0.05) is 13.1 Å². The van der Waals surface area contributed by atoms with Gasteiger partial charge in [0.05, 0.1) is 12.0 Å². The van der Waals surface area contributed by atoms with Crippen LogP contribution in [0.15, 0.2) is 18.2 Å². The average molecular weight is 265 g/mol. The zero-order valence-corrected chi connectivity index (χ0v) is 11.3. The van der Waals surface area contributed by atoms with Gasteiger partial charge >= 0.3 is 5.69 Å². The number of hydrogen-bond donors (Lipinski definition) is 1. The van der Waals surface area contributed by atoms with Gasteiger partial charge in [0.1, 0.15) is 5.69 Å². The summed E-state index contributed by atoms with van der Waals surface area (Å²) in [5.74, 6) is 0.857. The number of nitrogens with one attached hydrogen (secondary N) is 1. The number of anilines is 1. The maximum Gasteiger partial charge on any atom is 0.333 e. The molecule has 1 saturated heterocycles. The Kier molecular flexibility index (Phi) is 4.21. The quantitative estimate of drug-likeness (QED) is 0.647. The van der Waals surface area contributed by atoms with Gasteiger partial charge in [-0.1, -0.05) is 6.07 Å². The standard InChI is InChI=1S/C13H19N3O3/c1-14-8-10-6-7-15(9-10)11-4-3-5-12(19-2)13(11)16(17)18/h3-5,10,14H,6-9H2,1-2H3. The summed E-state index contributed by atoms with van der Waals surface area (Å²) in [4.78, 5) is 13.0. The van der Waals surface area contributed by atoms with Crippen molar-refractivity contribution < 1.29 is 9.66 Å². The summed E-state index contributed by atoms with van der Waals surface area (Å²) < 4.78 is 5.10. The van der Waals surface area contributed by atoms with Crippen molar-refractivity contribution >= 4 is 11.4 Å². The Balaban J connectivity index is 2.28. The van der Waals surface area contributed by atoms with Crippen molar-refractivity contribution in [2.45, 2.75) is 6.42 Å². The molecule has 6 nitrogen and oxygen atoms in total. The lowest BCUT2D eigenvalue weighted by molar-refractivity contribution is -0.385. The Hall–Kier alpha value is -1.82. The molecule has 1 aliphatic heterocycles. The number of methoxy groups -OCH3 is 1. The zero-order chi connectivity index (χ0) is 13.8. The molecule has 1 unspecified atom stereocenters. The third-order valence-corrected chi connectivity index (χ3v) is 3.50. The smallest absolute Gasteiger partial charge is 0.333 e. The first kappa shape index (κ1) is 13.6. The van der Waals surface area contributed by atoms with E-state index in [2.05, 4.69) is 10.2 Å². The van der Waals surface area contributed by atoms with Crippen LogP contribution in [0.2, 0.25) is 0 Å². The molecule has 0 spiro atoms. The SMILES string of the molecule is CNCC1CCN(c2cccc(OC)c2[N+](=O)[O-])C1. The molecule has 0 aliphatic carbocycles. The topological polar surface area (TPSA) is 67.6 Å². The van der Waals surface area contributed by atoms with Gasteiger partial charge in [-0.2, -0.15) is 0 Å². The molecule has 104 valence electrons. The first-order valence-corrected chi connectivity index (χ1v) is 6.38. The van der Waals surface area contributed by atoms with Crippen LogP contribution in [0, 0.1) is 16.0 Å². The average Bonchev–Trinajstić information content (AvgIpc) is 2.86. The minimum absolute atomic E-state index is 0.0649. The Morgan fingerprint density at radius 3 is 3.00 bits per heavy atom. The van der Waals surface area contributed by atoms with Crippen molar-refractivity contribution in [2.75, 3.05) is 38.7 Å². The highest BCUT2D eigenvalue weighted by atomic mass is 16.6. The summed E-state index contributed by atoms with van der Waals surface area (Å²) in [7, 11) is 3.39. The molecule has 0 amide bonds. The Labute approximate surface area is 112 Å². The molecule has 6 heteroatoms. The van der Waals surface area contributed by atoms with Crippen molar-refractivity contribution in [3.63, 3.8) is 0 Å². The van der Waals surface area contributed by atoms with Gasteiger partial charge in [-0.3, -0.25) is 10.1 Å². The Morgan fingerprint density at radius 1 is 1.58 bits per heavy atom. The van der Waals surface area contributed by atoms with E-state index in [0.717, 1.165) is 26.1 Å². The van der Waals surface area contributed by atoms with E-state index in [9.17, 15) is 10.1 Å². The number of benzene rings is 1. The summed E-state index contributed by atoms with van der Waals surface area (Å²) in [5.41, 5.74) is 0.720. The fourth-order valence-corrected chi connectivity index (χ4v) is 2.62. The fourth-order valence-electron chi connectivity index (χ4n) is 2.62. The highest BCUT2D eigenvalue weighted by molar-refractivity contribution is 5.70. The van der Waals surface area contributed by atoms with Crippen LogP contribution in [0.4, 0.5) is 11.4 Å². The van der Waals surface area contributed by atoms with Gasteiger partial charge in [-0.05, 0) is 38.1 Å². The van der Waals surface area contributed by atoms with E-state index >= 15 is 0 Å². The third kappa shape index (κ3) is 2.78. The van der Waals surface area contributed by atoms with Gasteiger partial charge in [-0.15, -0.1) is 0 Å². The molecule has 2 rings (SSSR count). The summed E-state index contributed by atoms with van der Waals surface area (Å²) in [6.07, 6.45) is 1.05. The lowest BCUT2D eigenvalue weighted by Gasteiger charge is -2.19. The van der Waals surface area contributed by atoms with E-state index in [0.29, 0.717) is 17.4 Å². The number of hydrogen-bond acceptors (Lipinski definition) is 5. The Morgan fingerprint density at radius 2 is 2.37 bits per heavy atom. The molecular weight excluding hydrogens is 246 g/mol. The molecule has 0 bridgehead atoms. The molecule has 1 atom stereocenters. The second-order valence-corrected chi connectivity index (χ2v) is 4.74. The Bertz CT molecular complexity index is 464. The number of nitrogens with zero attached hydrogens (tertiary/aromatic N) is 2. The lowest BCUT2D eigenvalue weighted by atomic mass is 10.1. The minimum atomic E-state index is -0.362. The molecule has 1 N–H and O–H groups in total. The summed E-state index contributed by atoms with van der Waals surface area (Å²) >= 11 is 0. The van der Waals surface area contributed by atoms with Crippen LogP contribution in [-0.2, 0) is 0 Å². The lowest BCUT2D eigenvalue weighted by Crippen LogP contribution is -2.24. The number of nitro benzene ring substituents is 1. The fraction of sp³-hybridized carbons (Fsp3) is 0.538. The van der Waals surface area contributed by atoms with E-state index in [-0.39, 0.29) is 10.6 Å². The maximum absolute atomic E-state index is 11.3. The van der Waals surface area contributed by atoms with Crippen LogP contribution in [-0.4, -0.2) is 38.7 Å². The summed E-state index contributed by atoms with van der Waals surface area (Å²) in [5, 5.41) is 14.4. The van der Waals surface area contributed by atoms with E-state index in [4.69, 9.17) is 4.74 Å². The third-order valence-electron chi connectivity index (χ3n) is 3.50. The number of rotatable bonds is 5. The molecule has 0 aromatic heterocycles. The van der Waals surface area contributed by atoms with Gasteiger partial charge in [0.2, 0.25) is 0 Å². The monoisotopic (exact) mass is 265 g/mol. The predicted octanol–water partition coefficient (Wildman–Crippen LogP) is 1.65. The van der Waals surface area contributed by atoms with Crippen LogP contribution < -0.4 is 15.0 Å². The van der Waals surface area contributed by atoms with E-state index < -0.39 is 0 Å². The van der Waals surface area contributed by atoms with Gasteiger partial charge in [-0.25, -0.2) is 0 Å². The van der Waals surface area contributed by atoms with Crippen molar-refractivity contribution in [1.29, 1.82) is 0 Å². The van der Waals surface area contributed by atoms with Gasteiger partial charge < -0.3 is 15.0 Å². The molecule has 1 aliphatic rings. The highest BCUT2D eigenvalue weighted by Crippen LogP contribution is 2.38. The van der Waals surface area contributed by atoms with Crippen molar-refractivity contribution in [1.82, 2.24) is 5.32 Å². The molecule has 1 heterocycles. The summed E-state index contributed by atoms with van der Waals surface area (Å²) in [6, 6.07) is 5.22. The number of nitro groups is 1. The molecule has 1 aromatic carbocycles. The van der Waals surface area contributed by atoms with Crippen LogP contribution in [0.1, 0.15) is 6.42 Å². The van der Waals surface area contributed by atoms with Gasteiger partial charge in [0.15, 0.2) is 5.75 Å². The van der Waals surface area contributed by atoms with Crippen molar-refractivity contribution in [3.05, 3.63) is 28.3 Å². The number of para-hydroxylation sites is 1. The minimum Gasteiger partial charge on any atom is -0.490 e. The maximum atomic E-state index is 11.3. The summed E-state index contributed by atoms with van der Waals surface area (Å²) in [6.45, 7) is 2.63. The molecule has 1 aromatic rings. The second kappa shape index (κ2) is 5.88. The largest absolute Gasteiger partial charge is 0.490 e. The van der Waals surface area contributed by atoms with Crippen LogP contribution >= 0.6 is 0 Å². The first-order valence-electron chi connectivity index (χ1n) is 6.38. The van der Waals surface area contributed by atoms with Crippen LogP contribution in [0.3, 0.4) is 0 Å². The predicted molar refractivity (Wildman–Crippen MR) is 73.9 cm³/mol. The first-order chi connectivity index (χ1) is 9.17. The molecule has 1 fully saturated rings. The zero-order valence-electron chi connectivity index (χ0n) is 11.3. The van der Waals surface area contributed by atoms with Crippen molar-refractivity contribution in [2.24, 2.45) is 5.92 Å². The number of ether oxygens (including phenoxy) is 1. The molecule has 19 heavy (non-hydrogen) atoms. The normalized spacial score (nSPS) is 18.6. The highest BCUT2D eigenvalue weighted by Gasteiger charge is 2.29. The second-order valence-electron chi connectivity index (χ2n) is 4.74. The van der Waals surface area contributed by atoms with E-state index in [1.54, 1.807) is 18.2 Å². The molecule has 0 saturated carbocycles.